The highest BCUT2D eigenvalue weighted by molar-refractivity contribution is 5.95. The summed E-state index contributed by atoms with van der Waals surface area (Å²) >= 11 is 0. The Bertz CT molecular complexity index is 647. The van der Waals surface area contributed by atoms with E-state index in [-0.39, 0.29) is 30.0 Å². The van der Waals surface area contributed by atoms with Gasteiger partial charge < -0.3 is 15.3 Å². The van der Waals surface area contributed by atoms with E-state index in [1.165, 1.54) is 12.1 Å². The number of amides is 2. The minimum atomic E-state index is -1.04. The number of hydrogen-bond acceptors (Lipinski definition) is 4. The van der Waals surface area contributed by atoms with Gasteiger partial charge in [0.25, 0.3) is 0 Å². The molecule has 136 valence electrons. The van der Waals surface area contributed by atoms with Crippen LogP contribution < -0.4 is 5.32 Å². The van der Waals surface area contributed by atoms with E-state index in [2.05, 4.69) is 12.2 Å². The normalized spacial score (nSPS) is 18.2. The molecule has 1 aromatic rings. The number of piperazine rings is 1. The maximum Gasteiger partial charge on any atom is 0.335 e. The molecule has 7 nitrogen and oxygen atoms in total. The first-order valence-electron chi connectivity index (χ1n) is 8.54. The molecule has 0 aromatic heterocycles. The Balaban J connectivity index is 2.01. The van der Waals surface area contributed by atoms with E-state index in [0.29, 0.717) is 18.8 Å². The molecule has 1 heterocycles. The van der Waals surface area contributed by atoms with Gasteiger partial charge >= 0.3 is 5.97 Å². The Kier molecular flexibility index (Phi) is 6.52. The molecule has 2 rings (SSSR count). The van der Waals surface area contributed by atoms with Crippen molar-refractivity contribution in [2.75, 3.05) is 32.0 Å². The summed E-state index contributed by atoms with van der Waals surface area (Å²) in [6.45, 7) is 3.44. The number of hydrogen-bond donors (Lipinski definition) is 2. The molecular formula is C18H25N3O4. The molecule has 1 saturated heterocycles. The minimum absolute atomic E-state index is 0.0559. The predicted octanol–water partition coefficient (Wildman–Crippen LogP) is 1.66. The third-order valence-electron chi connectivity index (χ3n) is 4.40. The molecule has 0 aliphatic carbocycles. The molecule has 7 heteroatoms. The molecule has 1 aromatic carbocycles. The van der Waals surface area contributed by atoms with E-state index in [4.69, 9.17) is 5.11 Å². The number of rotatable bonds is 7. The van der Waals surface area contributed by atoms with Crippen molar-refractivity contribution in [3.63, 3.8) is 0 Å². The summed E-state index contributed by atoms with van der Waals surface area (Å²) in [6, 6.07) is 5.85. The van der Waals surface area contributed by atoms with Crippen molar-refractivity contribution in [3.05, 3.63) is 29.8 Å². The van der Waals surface area contributed by atoms with Crippen LogP contribution in [0.15, 0.2) is 24.3 Å². The monoisotopic (exact) mass is 347 g/mol. The third-order valence-corrected chi connectivity index (χ3v) is 4.40. The van der Waals surface area contributed by atoms with Gasteiger partial charge in [0.05, 0.1) is 18.2 Å². The fourth-order valence-corrected chi connectivity index (χ4v) is 2.96. The lowest BCUT2D eigenvalue weighted by atomic mass is 10.0. The summed E-state index contributed by atoms with van der Waals surface area (Å²) < 4.78 is 0. The second kappa shape index (κ2) is 8.62. The van der Waals surface area contributed by atoms with Crippen molar-refractivity contribution in [1.82, 2.24) is 9.80 Å². The fraction of sp³-hybridized carbons (Fsp3) is 0.500. The maximum atomic E-state index is 12.4. The number of likely N-dealkylation sites (N-methyl/N-ethyl adjacent to an activating group) is 1. The molecule has 1 unspecified atom stereocenters. The van der Waals surface area contributed by atoms with E-state index < -0.39 is 5.97 Å². The third kappa shape index (κ3) is 5.03. The van der Waals surface area contributed by atoms with Crippen LogP contribution in [0.25, 0.3) is 0 Å². The van der Waals surface area contributed by atoms with Gasteiger partial charge in [0.15, 0.2) is 0 Å². The molecule has 0 bridgehead atoms. The van der Waals surface area contributed by atoms with Crippen molar-refractivity contribution >= 4 is 23.5 Å². The average molecular weight is 347 g/mol. The number of carbonyl (C=O) groups excluding carboxylic acids is 2. The van der Waals surface area contributed by atoms with E-state index in [1.54, 1.807) is 24.1 Å². The van der Waals surface area contributed by atoms with Gasteiger partial charge in [0.1, 0.15) is 0 Å². The second-order valence-corrected chi connectivity index (χ2v) is 6.32. The molecule has 0 saturated carbocycles. The number of carboxylic acid groups (broad SMARTS) is 1. The van der Waals surface area contributed by atoms with Crippen molar-refractivity contribution in [2.45, 2.75) is 32.2 Å². The Morgan fingerprint density at radius 1 is 1.32 bits per heavy atom. The summed E-state index contributed by atoms with van der Waals surface area (Å²) in [5.74, 6) is -1.23. The highest BCUT2D eigenvalue weighted by Crippen LogP contribution is 2.17. The molecule has 2 N–H and O–H groups in total. The summed E-state index contributed by atoms with van der Waals surface area (Å²) in [6.07, 6.45) is 2.67. The quantitative estimate of drug-likeness (QED) is 0.783. The average Bonchev–Trinajstić information content (AvgIpc) is 2.58. The molecule has 1 atom stereocenters. The number of unbranched alkanes of at least 4 members (excludes halogenated alkanes) is 1. The smallest absolute Gasteiger partial charge is 0.335 e. The number of nitrogens with zero attached hydrogens (tertiary/aromatic N) is 2. The largest absolute Gasteiger partial charge is 0.478 e. The van der Waals surface area contributed by atoms with Gasteiger partial charge in [0, 0.05) is 25.8 Å². The van der Waals surface area contributed by atoms with Crippen LogP contribution >= 0.6 is 0 Å². The first-order valence-corrected chi connectivity index (χ1v) is 8.54. The number of carbonyl (C=O) groups is 3. The summed E-state index contributed by atoms with van der Waals surface area (Å²) in [5, 5.41) is 11.7. The predicted molar refractivity (Wildman–Crippen MR) is 94.6 cm³/mol. The van der Waals surface area contributed by atoms with Crippen LogP contribution in [-0.4, -0.2) is 65.4 Å². The molecule has 1 aliphatic rings. The topological polar surface area (TPSA) is 90.0 Å². The van der Waals surface area contributed by atoms with E-state index in [0.717, 1.165) is 19.3 Å². The fourth-order valence-electron chi connectivity index (χ4n) is 2.96. The van der Waals surface area contributed by atoms with Crippen molar-refractivity contribution in [1.29, 1.82) is 0 Å². The number of carboxylic acids is 1. The number of nitrogens with one attached hydrogen (secondary N) is 1. The summed E-state index contributed by atoms with van der Waals surface area (Å²) in [5.41, 5.74) is 0.559. The van der Waals surface area contributed by atoms with Gasteiger partial charge in [-0.15, -0.1) is 0 Å². The van der Waals surface area contributed by atoms with Crippen LogP contribution in [0.5, 0.6) is 0 Å². The van der Waals surface area contributed by atoms with Gasteiger partial charge in [-0.3, -0.25) is 14.5 Å². The Morgan fingerprint density at radius 2 is 2.08 bits per heavy atom. The minimum Gasteiger partial charge on any atom is -0.478 e. The standard InChI is InChI=1S/C18H25N3O4/c1-3-4-8-15-17(23)20(2)9-10-21(15)12-16(22)19-14-7-5-6-13(11-14)18(24)25/h5-7,11,15H,3-4,8-10,12H2,1-2H3,(H,19,22)(H,24,25). The molecule has 1 fully saturated rings. The lowest BCUT2D eigenvalue weighted by molar-refractivity contribution is -0.141. The van der Waals surface area contributed by atoms with Crippen LogP contribution in [0.2, 0.25) is 0 Å². The number of benzene rings is 1. The number of anilines is 1. The van der Waals surface area contributed by atoms with Crippen molar-refractivity contribution in [3.8, 4) is 0 Å². The molecule has 1 aliphatic heterocycles. The Labute approximate surface area is 147 Å². The van der Waals surface area contributed by atoms with E-state index in [1.807, 2.05) is 4.90 Å². The summed E-state index contributed by atoms with van der Waals surface area (Å²) in [7, 11) is 1.79. The van der Waals surface area contributed by atoms with Crippen LogP contribution in [-0.2, 0) is 9.59 Å². The lowest BCUT2D eigenvalue weighted by Gasteiger charge is -2.38. The highest BCUT2D eigenvalue weighted by atomic mass is 16.4. The Hall–Kier alpha value is -2.41. The SMILES string of the molecule is CCCCC1C(=O)N(C)CCN1CC(=O)Nc1cccc(C(=O)O)c1. The van der Waals surface area contributed by atoms with Gasteiger partial charge in [-0.05, 0) is 24.6 Å². The highest BCUT2D eigenvalue weighted by Gasteiger charge is 2.33. The van der Waals surface area contributed by atoms with Gasteiger partial charge in [0.2, 0.25) is 11.8 Å². The zero-order valence-electron chi connectivity index (χ0n) is 14.7. The van der Waals surface area contributed by atoms with E-state index in [9.17, 15) is 14.4 Å². The van der Waals surface area contributed by atoms with Gasteiger partial charge in [-0.2, -0.15) is 0 Å². The van der Waals surface area contributed by atoms with Crippen LogP contribution in [0, 0.1) is 0 Å². The molecule has 0 spiro atoms. The van der Waals surface area contributed by atoms with Gasteiger partial charge in [-0.1, -0.05) is 25.8 Å². The zero-order chi connectivity index (χ0) is 18.4. The van der Waals surface area contributed by atoms with Crippen molar-refractivity contribution in [2.24, 2.45) is 0 Å². The maximum absolute atomic E-state index is 12.4. The molecule has 0 radical (unpaired) electrons. The first kappa shape index (κ1) is 18.9. The van der Waals surface area contributed by atoms with Crippen molar-refractivity contribution < 1.29 is 19.5 Å². The van der Waals surface area contributed by atoms with Crippen LogP contribution in [0.1, 0.15) is 36.5 Å². The molecule has 25 heavy (non-hydrogen) atoms. The van der Waals surface area contributed by atoms with Gasteiger partial charge in [-0.25, -0.2) is 4.79 Å². The number of aromatic carboxylic acids is 1. The summed E-state index contributed by atoms with van der Waals surface area (Å²) in [4.78, 5) is 39.4. The lowest BCUT2D eigenvalue weighted by Crippen LogP contribution is -2.57. The Morgan fingerprint density at radius 3 is 2.76 bits per heavy atom. The zero-order valence-corrected chi connectivity index (χ0v) is 14.7. The van der Waals surface area contributed by atoms with Crippen LogP contribution in [0.4, 0.5) is 5.69 Å². The van der Waals surface area contributed by atoms with Crippen LogP contribution in [0.3, 0.4) is 0 Å². The van der Waals surface area contributed by atoms with E-state index >= 15 is 0 Å². The first-order chi connectivity index (χ1) is 11.9. The molecule has 2 amide bonds. The molecular weight excluding hydrogens is 322 g/mol. The second-order valence-electron chi connectivity index (χ2n) is 6.32.